The molecule has 0 unspecified atom stereocenters. The van der Waals surface area contributed by atoms with Gasteiger partial charge >= 0.3 is 0 Å². The number of benzene rings is 1. The standard InChI is InChI=1S/C16H27N3O/c1-5-11-18-16(17-4)19-12-10-14-6-8-15(9-7-14)20-13(2)3/h6-9,13H,5,10-12H2,1-4H3,(H2,17,18,19). The molecule has 0 aromatic heterocycles. The highest BCUT2D eigenvalue weighted by Gasteiger charge is 1.99. The molecular formula is C16H27N3O. The van der Waals surface area contributed by atoms with Crippen LogP contribution in [-0.2, 0) is 6.42 Å². The summed E-state index contributed by atoms with van der Waals surface area (Å²) in [7, 11) is 1.79. The second-order valence-electron chi connectivity index (χ2n) is 4.99. The maximum Gasteiger partial charge on any atom is 0.190 e. The molecule has 2 N–H and O–H groups in total. The van der Waals surface area contributed by atoms with E-state index in [0.717, 1.165) is 37.6 Å². The van der Waals surface area contributed by atoms with Crippen LogP contribution in [0.1, 0.15) is 32.8 Å². The van der Waals surface area contributed by atoms with Crippen LogP contribution in [0.3, 0.4) is 0 Å². The predicted octanol–water partition coefficient (Wildman–Crippen LogP) is 2.59. The molecule has 20 heavy (non-hydrogen) atoms. The number of hydrogen-bond donors (Lipinski definition) is 2. The summed E-state index contributed by atoms with van der Waals surface area (Å²) in [4.78, 5) is 4.18. The molecule has 0 aliphatic rings. The monoisotopic (exact) mass is 277 g/mol. The maximum absolute atomic E-state index is 5.63. The SMILES string of the molecule is CCCNC(=NC)NCCc1ccc(OC(C)C)cc1. The Morgan fingerprint density at radius 1 is 1.15 bits per heavy atom. The fourth-order valence-electron chi connectivity index (χ4n) is 1.80. The summed E-state index contributed by atoms with van der Waals surface area (Å²) in [6.07, 6.45) is 2.28. The van der Waals surface area contributed by atoms with Gasteiger partial charge in [0.1, 0.15) is 5.75 Å². The Balaban J connectivity index is 2.34. The van der Waals surface area contributed by atoms with Gasteiger partial charge in [-0.05, 0) is 44.4 Å². The number of nitrogens with one attached hydrogen (secondary N) is 2. The van der Waals surface area contributed by atoms with Crippen molar-refractivity contribution >= 4 is 5.96 Å². The van der Waals surface area contributed by atoms with Gasteiger partial charge in [-0.3, -0.25) is 4.99 Å². The Labute approximate surface area is 122 Å². The van der Waals surface area contributed by atoms with Gasteiger partial charge < -0.3 is 15.4 Å². The van der Waals surface area contributed by atoms with Gasteiger partial charge in [-0.2, -0.15) is 0 Å². The number of nitrogens with zero attached hydrogens (tertiary/aromatic N) is 1. The van der Waals surface area contributed by atoms with Crippen LogP contribution in [0, 0.1) is 0 Å². The first-order valence-electron chi connectivity index (χ1n) is 7.35. The van der Waals surface area contributed by atoms with Gasteiger partial charge in [0.25, 0.3) is 0 Å². The lowest BCUT2D eigenvalue weighted by Crippen LogP contribution is -2.38. The molecule has 0 aliphatic heterocycles. The van der Waals surface area contributed by atoms with Crippen molar-refractivity contribution in [2.45, 2.75) is 39.7 Å². The summed E-state index contributed by atoms with van der Waals surface area (Å²) in [5, 5.41) is 6.56. The van der Waals surface area contributed by atoms with Gasteiger partial charge in [-0.15, -0.1) is 0 Å². The van der Waals surface area contributed by atoms with E-state index >= 15 is 0 Å². The summed E-state index contributed by atoms with van der Waals surface area (Å²) in [6.45, 7) is 8.02. The summed E-state index contributed by atoms with van der Waals surface area (Å²) < 4.78 is 5.63. The van der Waals surface area contributed by atoms with Crippen molar-refractivity contribution in [1.29, 1.82) is 0 Å². The van der Waals surface area contributed by atoms with Crippen LogP contribution in [-0.4, -0.2) is 32.2 Å². The first kappa shape index (κ1) is 16.3. The van der Waals surface area contributed by atoms with Gasteiger partial charge in [-0.1, -0.05) is 19.1 Å². The molecule has 1 rings (SSSR count). The topological polar surface area (TPSA) is 45.7 Å². The third-order valence-electron chi connectivity index (χ3n) is 2.77. The third kappa shape index (κ3) is 6.45. The lowest BCUT2D eigenvalue weighted by atomic mass is 10.1. The van der Waals surface area contributed by atoms with Crippen molar-refractivity contribution in [3.63, 3.8) is 0 Å². The summed E-state index contributed by atoms with van der Waals surface area (Å²) in [5.41, 5.74) is 1.29. The first-order chi connectivity index (χ1) is 9.65. The van der Waals surface area contributed by atoms with Crippen LogP contribution in [0.4, 0.5) is 0 Å². The van der Waals surface area contributed by atoms with E-state index in [1.807, 2.05) is 26.0 Å². The van der Waals surface area contributed by atoms with E-state index in [1.165, 1.54) is 5.56 Å². The van der Waals surface area contributed by atoms with Gasteiger partial charge in [0.15, 0.2) is 5.96 Å². The van der Waals surface area contributed by atoms with E-state index in [1.54, 1.807) is 7.05 Å². The van der Waals surface area contributed by atoms with E-state index < -0.39 is 0 Å². The van der Waals surface area contributed by atoms with E-state index in [4.69, 9.17) is 4.74 Å². The normalized spacial score (nSPS) is 11.6. The van der Waals surface area contributed by atoms with E-state index in [-0.39, 0.29) is 6.10 Å². The molecule has 0 amide bonds. The Bertz CT molecular complexity index is 399. The minimum Gasteiger partial charge on any atom is -0.491 e. The average molecular weight is 277 g/mol. The zero-order chi connectivity index (χ0) is 14.8. The number of ether oxygens (including phenoxy) is 1. The van der Waals surface area contributed by atoms with Crippen LogP contribution in [0.5, 0.6) is 5.75 Å². The fraction of sp³-hybridized carbons (Fsp3) is 0.562. The zero-order valence-electron chi connectivity index (χ0n) is 13.1. The van der Waals surface area contributed by atoms with E-state index in [0.29, 0.717) is 0 Å². The number of guanidine groups is 1. The smallest absolute Gasteiger partial charge is 0.190 e. The van der Waals surface area contributed by atoms with Gasteiger partial charge in [0.05, 0.1) is 6.10 Å². The third-order valence-corrected chi connectivity index (χ3v) is 2.77. The Morgan fingerprint density at radius 2 is 1.80 bits per heavy atom. The minimum atomic E-state index is 0.218. The predicted molar refractivity (Wildman–Crippen MR) is 85.6 cm³/mol. The fourth-order valence-corrected chi connectivity index (χ4v) is 1.80. The molecule has 0 heterocycles. The van der Waals surface area contributed by atoms with Crippen LogP contribution in [0.2, 0.25) is 0 Å². The molecule has 0 aliphatic carbocycles. The largest absolute Gasteiger partial charge is 0.491 e. The van der Waals surface area contributed by atoms with Crippen molar-refractivity contribution in [2.75, 3.05) is 20.1 Å². The van der Waals surface area contributed by atoms with Crippen LogP contribution in [0.15, 0.2) is 29.3 Å². The molecule has 4 heteroatoms. The van der Waals surface area contributed by atoms with E-state index in [9.17, 15) is 0 Å². The van der Waals surface area contributed by atoms with Gasteiger partial charge in [0, 0.05) is 20.1 Å². The quantitative estimate of drug-likeness (QED) is 0.595. The molecule has 0 fully saturated rings. The highest BCUT2D eigenvalue weighted by molar-refractivity contribution is 5.79. The lowest BCUT2D eigenvalue weighted by molar-refractivity contribution is 0.242. The Morgan fingerprint density at radius 3 is 2.35 bits per heavy atom. The van der Waals surface area contributed by atoms with E-state index in [2.05, 4.69) is 34.7 Å². The Kier molecular flexibility index (Phi) is 7.55. The first-order valence-corrected chi connectivity index (χ1v) is 7.35. The maximum atomic E-state index is 5.63. The molecule has 0 spiro atoms. The highest BCUT2D eigenvalue weighted by atomic mass is 16.5. The summed E-state index contributed by atoms with van der Waals surface area (Å²) in [5.74, 6) is 1.80. The van der Waals surface area contributed by atoms with Crippen molar-refractivity contribution < 1.29 is 4.74 Å². The van der Waals surface area contributed by atoms with Crippen molar-refractivity contribution in [1.82, 2.24) is 10.6 Å². The second kappa shape index (κ2) is 9.23. The molecule has 1 aromatic rings. The second-order valence-corrected chi connectivity index (χ2v) is 4.99. The van der Waals surface area contributed by atoms with Crippen molar-refractivity contribution in [3.05, 3.63) is 29.8 Å². The molecule has 0 saturated carbocycles. The molecule has 0 bridgehead atoms. The number of rotatable bonds is 7. The molecule has 0 atom stereocenters. The van der Waals surface area contributed by atoms with Crippen molar-refractivity contribution in [3.8, 4) is 5.75 Å². The average Bonchev–Trinajstić information content (AvgIpc) is 2.44. The molecule has 4 nitrogen and oxygen atoms in total. The van der Waals surface area contributed by atoms with Gasteiger partial charge in [-0.25, -0.2) is 0 Å². The zero-order valence-corrected chi connectivity index (χ0v) is 13.1. The number of aliphatic imine (C=N–C) groups is 1. The lowest BCUT2D eigenvalue weighted by Gasteiger charge is -2.12. The molecule has 112 valence electrons. The number of hydrogen-bond acceptors (Lipinski definition) is 2. The van der Waals surface area contributed by atoms with Crippen molar-refractivity contribution in [2.24, 2.45) is 4.99 Å². The molecular weight excluding hydrogens is 250 g/mol. The van der Waals surface area contributed by atoms with Gasteiger partial charge in [0.2, 0.25) is 0 Å². The molecule has 0 radical (unpaired) electrons. The molecule has 1 aromatic carbocycles. The molecule has 0 saturated heterocycles. The highest BCUT2D eigenvalue weighted by Crippen LogP contribution is 2.13. The van der Waals surface area contributed by atoms with Crippen LogP contribution in [0.25, 0.3) is 0 Å². The summed E-state index contributed by atoms with van der Waals surface area (Å²) >= 11 is 0. The van der Waals surface area contributed by atoms with Crippen LogP contribution < -0.4 is 15.4 Å². The Hall–Kier alpha value is -1.71. The summed E-state index contributed by atoms with van der Waals surface area (Å²) in [6, 6.07) is 8.28. The van der Waals surface area contributed by atoms with Crippen LogP contribution >= 0.6 is 0 Å². The minimum absolute atomic E-state index is 0.218.